The molecule has 3 aromatic carbocycles. The molecule has 6 heteroatoms. The average Bonchev–Trinajstić information content (AvgIpc) is 3.50. The highest BCUT2D eigenvalue weighted by molar-refractivity contribution is 7.08. The van der Waals surface area contributed by atoms with E-state index in [0.717, 1.165) is 12.2 Å². The van der Waals surface area contributed by atoms with Crippen LogP contribution in [0.5, 0.6) is 0 Å². The highest BCUT2D eigenvalue weighted by Crippen LogP contribution is 2.48. The van der Waals surface area contributed by atoms with Crippen molar-refractivity contribution in [3.05, 3.63) is 121 Å². The van der Waals surface area contributed by atoms with Crippen molar-refractivity contribution in [3.8, 4) is 11.1 Å². The minimum Gasteiger partial charge on any atom is -0.344 e. The molecule has 0 bridgehead atoms. The highest BCUT2D eigenvalue weighted by atomic mass is 32.1. The molecule has 40 heavy (non-hydrogen) atoms. The standard InChI is InChI=1S/C34H30N2O3S/c1-5-35-26-17-16-22(21-12-8-7-9-13-21)20-25(26)34(3,4)28(35)19-18-27-32(39)36(6-2)33(40-27)29-30(37)23-14-10-11-15-24(23)31(29)38/h7-20H,5-6H2,1-4H3/b27-18?,28-19-. The molecule has 4 aromatic rings. The number of carbonyl (C=O) groups is 2. The first kappa shape index (κ1) is 26.0. The zero-order chi connectivity index (χ0) is 28.2. The summed E-state index contributed by atoms with van der Waals surface area (Å²) in [5, 5.41) is 0. The molecule has 0 saturated heterocycles. The number of rotatable bonds is 4. The number of fused-ring (bicyclic) bond motifs is 2. The van der Waals surface area contributed by atoms with Gasteiger partial charge >= 0.3 is 0 Å². The smallest absolute Gasteiger partial charge is 0.269 e. The molecule has 1 aromatic heterocycles. The third-order valence-corrected chi connectivity index (χ3v) is 9.16. The summed E-state index contributed by atoms with van der Waals surface area (Å²) >= 11 is 1.22. The Kier molecular flexibility index (Phi) is 6.31. The lowest BCUT2D eigenvalue weighted by Gasteiger charge is -2.25. The van der Waals surface area contributed by atoms with Crippen LogP contribution in [-0.4, -0.2) is 22.7 Å². The quantitative estimate of drug-likeness (QED) is 0.348. The van der Waals surface area contributed by atoms with E-state index in [1.54, 1.807) is 28.8 Å². The number of nitrogens with zero attached hydrogens (tertiary/aromatic N) is 2. The van der Waals surface area contributed by atoms with E-state index >= 15 is 0 Å². The summed E-state index contributed by atoms with van der Waals surface area (Å²) in [6.07, 6.45) is 3.88. The lowest BCUT2D eigenvalue weighted by molar-refractivity contribution is 0.102. The zero-order valence-electron chi connectivity index (χ0n) is 23.0. The maximum absolute atomic E-state index is 13.5. The SMILES string of the molecule is CCN1/C(=C\C=c2sc(=C3C(=O)c4ccccc4C3=O)n(CC)c2=O)C(C)(C)c2cc(-c3ccccc3)ccc21. The van der Waals surface area contributed by atoms with Crippen molar-refractivity contribution in [1.82, 2.24) is 4.57 Å². The maximum atomic E-state index is 13.5. The normalized spacial score (nSPS) is 17.2. The molecule has 0 fully saturated rings. The lowest BCUT2D eigenvalue weighted by Crippen LogP contribution is -2.32. The van der Waals surface area contributed by atoms with Crippen LogP contribution < -0.4 is 19.7 Å². The van der Waals surface area contributed by atoms with Crippen LogP contribution in [0.15, 0.2) is 89.4 Å². The number of benzene rings is 3. The Morgan fingerprint density at radius 1 is 0.775 bits per heavy atom. The van der Waals surface area contributed by atoms with Gasteiger partial charge in [0.1, 0.15) is 10.2 Å². The summed E-state index contributed by atoms with van der Waals surface area (Å²) in [6, 6.07) is 23.8. The summed E-state index contributed by atoms with van der Waals surface area (Å²) in [5.41, 5.74) is 6.27. The van der Waals surface area contributed by atoms with Gasteiger partial charge in [-0.25, -0.2) is 0 Å². The minimum atomic E-state index is -0.312. The predicted octanol–water partition coefficient (Wildman–Crippen LogP) is 5.31. The van der Waals surface area contributed by atoms with Crippen LogP contribution in [0, 0.1) is 0 Å². The Balaban J connectivity index is 1.49. The van der Waals surface area contributed by atoms with E-state index in [9.17, 15) is 14.4 Å². The number of allylic oxidation sites excluding steroid dienone is 2. The fourth-order valence-corrected chi connectivity index (χ4v) is 7.08. The largest absolute Gasteiger partial charge is 0.344 e. The number of Topliss-reactive ketones (excluding diaryl/α,β-unsaturated/α-hetero) is 2. The Morgan fingerprint density at radius 3 is 2.05 bits per heavy atom. The highest BCUT2D eigenvalue weighted by Gasteiger charge is 2.39. The Hall–Kier alpha value is -4.29. The van der Waals surface area contributed by atoms with Crippen LogP contribution in [0.3, 0.4) is 0 Å². The van der Waals surface area contributed by atoms with E-state index in [4.69, 9.17) is 0 Å². The van der Waals surface area contributed by atoms with E-state index < -0.39 is 0 Å². The first-order valence-corrected chi connectivity index (χ1v) is 14.4. The van der Waals surface area contributed by atoms with Crippen LogP contribution in [0.25, 0.3) is 22.8 Å². The summed E-state index contributed by atoms with van der Waals surface area (Å²) in [5.74, 6) is -0.625. The molecule has 0 radical (unpaired) electrons. The van der Waals surface area contributed by atoms with Gasteiger partial charge in [0.25, 0.3) is 5.56 Å². The van der Waals surface area contributed by atoms with Crippen LogP contribution in [-0.2, 0) is 12.0 Å². The number of anilines is 1. The third-order valence-electron chi connectivity index (χ3n) is 8.02. The first-order valence-electron chi connectivity index (χ1n) is 13.6. The number of likely N-dealkylation sites (N-methyl/N-ethyl adjacent to an activating group) is 1. The molecular weight excluding hydrogens is 516 g/mol. The van der Waals surface area contributed by atoms with Crippen molar-refractivity contribution in [2.45, 2.75) is 39.7 Å². The number of thiazole rings is 1. The molecule has 2 aliphatic rings. The molecule has 200 valence electrons. The fraction of sp³-hybridized carbons (Fsp3) is 0.206. The monoisotopic (exact) mass is 546 g/mol. The molecule has 0 N–H and O–H groups in total. The Bertz CT molecular complexity index is 1870. The average molecular weight is 547 g/mol. The molecule has 0 unspecified atom stereocenters. The van der Waals surface area contributed by atoms with Crippen molar-refractivity contribution in [2.75, 3.05) is 11.4 Å². The molecule has 6 rings (SSSR count). The van der Waals surface area contributed by atoms with Crippen LogP contribution in [0.4, 0.5) is 5.69 Å². The van der Waals surface area contributed by atoms with Gasteiger partial charge in [0.05, 0.1) is 4.53 Å². The van der Waals surface area contributed by atoms with E-state index in [1.807, 2.05) is 37.3 Å². The molecule has 0 atom stereocenters. The number of carbonyl (C=O) groups excluding carboxylic acids is 2. The van der Waals surface area contributed by atoms with Gasteiger partial charge in [-0.3, -0.25) is 19.0 Å². The van der Waals surface area contributed by atoms with Gasteiger partial charge in [-0.2, -0.15) is 0 Å². The summed E-state index contributed by atoms with van der Waals surface area (Å²) < 4.78 is 2.47. The van der Waals surface area contributed by atoms with E-state index in [-0.39, 0.29) is 28.1 Å². The van der Waals surface area contributed by atoms with Crippen molar-refractivity contribution < 1.29 is 9.59 Å². The van der Waals surface area contributed by atoms with Crippen molar-refractivity contribution >= 4 is 40.2 Å². The number of hydrogen-bond acceptors (Lipinski definition) is 5. The zero-order valence-corrected chi connectivity index (χ0v) is 23.8. The number of aromatic nitrogens is 1. The molecule has 1 aliphatic heterocycles. The Labute approximate surface area is 237 Å². The molecular formula is C34H30N2O3S. The van der Waals surface area contributed by atoms with Gasteiger partial charge in [-0.05, 0) is 54.8 Å². The molecule has 2 heterocycles. The van der Waals surface area contributed by atoms with Gasteiger partial charge in [-0.1, -0.05) is 74.5 Å². The van der Waals surface area contributed by atoms with Crippen molar-refractivity contribution in [2.24, 2.45) is 0 Å². The molecule has 5 nitrogen and oxygen atoms in total. The van der Waals surface area contributed by atoms with Crippen LogP contribution in [0.2, 0.25) is 0 Å². The van der Waals surface area contributed by atoms with Gasteiger partial charge in [0.15, 0.2) is 0 Å². The van der Waals surface area contributed by atoms with Gasteiger partial charge < -0.3 is 4.90 Å². The second-order valence-corrected chi connectivity index (χ2v) is 11.6. The topological polar surface area (TPSA) is 59.4 Å². The first-order chi connectivity index (χ1) is 19.3. The second-order valence-electron chi connectivity index (χ2n) is 10.6. The van der Waals surface area contributed by atoms with E-state index in [1.165, 1.54) is 33.7 Å². The summed E-state index contributed by atoms with van der Waals surface area (Å²) in [4.78, 5) is 42.1. The van der Waals surface area contributed by atoms with Gasteiger partial charge in [0, 0.05) is 41.0 Å². The molecule has 1 aliphatic carbocycles. The number of ketones is 2. The minimum absolute atomic E-state index is 0.0923. The number of hydrogen-bond donors (Lipinski definition) is 0. The lowest BCUT2D eigenvalue weighted by atomic mass is 9.82. The Morgan fingerprint density at radius 2 is 1.43 bits per heavy atom. The third kappa shape index (κ3) is 3.86. The second kappa shape index (κ2) is 9.72. The summed E-state index contributed by atoms with van der Waals surface area (Å²) in [7, 11) is 0. The molecule has 0 amide bonds. The van der Waals surface area contributed by atoms with Gasteiger partial charge in [0.2, 0.25) is 11.6 Å². The molecule has 0 spiro atoms. The van der Waals surface area contributed by atoms with E-state index in [2.05, 4.69) is 56.0 Å². The van der Waals surface area contributed by atoms with E-state index in [0.29, 0.717) is 26.9 Å². The fourth-order valence-electron chi connectivity index (χ4n) is 5.93. The van der Waals surface area contributed by atoms with Crippen LogP contribution in [0.1, 0.15) is 54.0 Å². The maximum Gasteiger partial charge on any atom is 0.269 e. The van der Waals surface area contributed by atoms with Crippen LogP contribution >= 0.6 is 11.3 Å². The summed E-state index contributed by atoms with van der Waals surface area (Å²) in [6.45, 7) is 9.57. The molecule has 0 saturated carbocycles. The van der Waals surface area contributed by atoms with Crippen molar-refractivity contribution in [3.63, 3.8) is 0 Å². The van der Waals surface area contributed by atoms with Crippen molar-refractivity contribution in [1.29, 1.82) is 0 Å². The predicted molar refractivity (Wildman–Crippen MR) is 162 cm³/mol. The van der Waals surface area contributed by atoms with Gasteiger partial charge in [-0.15, -0.1) is 11.3 Å².